The van der Waals surface area contributed by atoms with E-state index in [1.54, 1.807) is 6.08 Å². The van der Waals surface area contributed by atoms with Gasteiger partial charge in [-0.05, 0) is 24.3 Å². The zero-order valence-corrected chi connectivity index (χ0v) is 12.3. The van der Waals surface area contributed by atoms with Gasteiger partial charge in [0.1, 0.15) is 4.88 Å². The minimum absolute atomic E-state index is 0.0734. The second kappa shape index (κ2) is 5.99. The summed E-state index contributed by atoms with van der Waals surface area (Å²) in [5.41, 5.74) is 0.749. The number of aliphatic imine (C=N–C) groups is 1. The number of nitrogens with zero attached hydrogens (tertiary/aromatic N) is 2. The van der Waals surface area contributed by atoms with Gasteiger partial charge < -0.3 is 5.11 Å². The Labute approximate surface area is 122 Å². The van der Waals surface area contributed by atoms with Gasteiger partial charge in [-0.15, -0.1) is 6.58 Å². The summed E-state index contributed by atoms with van der Waals surface area (Å²) in [7, 11) is 0. The summed E-state index contributed by atoms with van der Waals surface area (Å²) in [6.45, 7) is 3.83. The van der Waals surface area contributed by atoms with Gasteiger partial charge in [0.2, 0.25) is 5.88 Å². The maximum atomic E-state index is 11.6. The molecule has 19 heavy (non-hydrogen) atoms. The molecule has 2 aromatic rings. The van der Waals surface area contributed by atoms with E-state index in [9.17, 15) is 9.90 Å². The predicted molar refractivity (Wildman–Crippen MR) is 81.8 cm³/mol. The van der Waals surface area contributed by atoms with E-state index in [0.717, 1.165) is 21.5 Å². The van der Waals surface area contributed by atoms with Gasteiger partial charge in [-0.3, -0.25) is 14.4 Å². The summed E-state index contributed by atoms with van der Waals surface area (Å²) in [4.78, 5) is 16.0. The molecule has 0 aliphatic carbocycles. The van der Waals surface area contributed by atoms with Crippen molar-refractivity contribution >= 4 is 39.2 Å². The molecule has 1 N–H and O–H groups in total. The fourth-order valence-electron chi connectivity index (χ4n) is 1.45. The van der Waals surface area contributed by atoms with Crippen molar-refractivity contribution in [2.45, 2.75) is 6.54 Å². The number of allylic oxidation sites excluding steroid dienone is 1. The summed E-state index contributed by atoms with van der Waals surface area (Å²) >= 11 is 4.29. The minimum Gasteiger partial charge on any atom is -0.493 e. The maximum Gasteiger partial charge on any atom is 0.310 e. The first-order valence-corrected chi connectivity index (χ1v) is 7.06. The highest BCUT2D eigenvalue weighted by molar-refractivity contribution is 9.10. The first kappa shape index (κ1) is 13.8. The average molecular weight is 339 g/mol. The van der Waals surface area contributed by atoms with Crippen molar-refractivity contribution in [1.82, 2.24) is 4.57 Å². The van der Waals surface area contributed by atoms with Crippen LogP contribution >= 0.6 is 27.3 Å². The van der Waals surface area contributed by atoms with Crippen LogP contribution in [0.4, 0.5) is 5.69 Å². The molecule has 98 valence electrons. The van der Waals surface area contributed by atoms with Crippen LogP contribution in [-0.4, -0.2) is 15.9 Å². The standard InChI is InChI=1S/C13H11BrN2O2S/c1-2-7-16-12(17)11(19-13(16)18)8-15-10-5-3-9(14)4-6-10/h2-6,8,17H,1,7H2. The summed E-state index contributed by atoms with van der Waals surface area (Å²) in [5.74, 6) is -0.0734. The lowest BCUT2D eigenvalue weighted by Crippen LogP contribution is -2.10. The lowest BCUT2D eigenvalue weighted by atomic mass is 10.3. The molecule has 0 saturated heterocycles. The molecule has 0 aliphatic heterocycles. The lowest BCUT2D eigenvalue weighted by Gasteiger charge is -1.97. The van der Waals surface area contributed by atoms with Gasteiger partial charge in [-0.1, -0.05) is 33.3 Å². The zero-order valence-electron chi connectivity index (χ0n) is 9.91. The molecule has 4 nitrogen and oxygen atoms in total. The van der Waals surface area contributed by atoms with Gasteiger partial charge in [0, 0.05) is 11.0 Å². The molecule has 0 atom stereocenters. The molecule has 0 fully saturated rings. The number of aromatic nitrogens is 1. The fraction of sp³-hybridized carbons (Fsp3) is 0.0769. The summed E-state index contributed by atoms with van der Waals surface area (Å²) in [6.07, 6.45) is 3.05. The molecule has 0 radical (unpaired) electrons. The molecule has 1 aromatic heterocycles. The second-order valence-electron chi connectivity index (χ2n) is 3.69. The van der Waals surface area contributed by atoms with E-state index in [0.29, 0.717) is 4.88 Å². The Morgan fingerprint density at radius 3 is 2.74 bits per heavy atom. The highest BCUT2D eigenvalue weighted by Gasteiger charge is 2.10. The van der Waals surface area contributed by atoms with Gasteiger partial charge in [0.05, 0.1) is 11.9 Å². The Morgan fingerprint density at radius 1 is 1.42 bits per heavy atom. The van der Waals surface area contributed by atoms with E-state index in [1.807, 2.05) is 24.3 Å². The van der Waals surface area contributed by atoms with Gasteiger partial charge in [-0.2, -0.15) is 0 Å². The largest absolute Gasteiger partial charge is 0.493 e. The van der Waals surface area contributed by atoms with Crippen LogP contribution in [0.25, 0.3) is 0 Å². The van der Waals surface area contributed by atoms with E-state index in [-0.39, 0.29) is 17.3 Å². The van der Waals surface area contributed by atoms with Crippen LogP contribution in [0.15, 0.2) is 51.2 Å². The van der Waals surface area contributed by atoms with Crippen LogP contribution in [0, 0.1) is 0 Å². The van der Waals surface area contributed by atoms with Crippen LogP contribution in [0.3, 0.4) is 0 Å². The highest BCUT2D eigenvalue weighted by atomic mass is 79.9. The number of aromatic hydroxyl groups is 1. The van der Waals surface area contributed by atoms with E-state index < -0.39 is 0 Å². The third kappa shape index (κ3) is 3.21. The Hall–Kier alpha value is -1.66. The first-order chi connectivity index (χ1) is 9.11. The number of hydrogen-bond donors (Lipinski definition) is 1. The van der Waals surface area contributed by atoms with Crippen LogP contribution in [0.5, 0.6) is 5.88 Å². The summed E-state index contributed by atoms with van der Waals surface area (Å²) in [5, 5.41) is 9.89. The van der Waals surface area contributed by atoms with Crippen LogP contribution in [-0.2, 0) is 6.54 Å². The molecule has 0 amide bonds. The topological polar surface area (TPSA) is 54.6 Å². The number of thiazole rings is 1. The molecule has 0 unspecified atom stereocenters. The molecular weight excluding hydrogens is 328 g/mol. The molecule has 6 heteroatoms. The first-order valence-electron chi connectivity index (χ1n) is 5.45. The number of hydrogen-bond acceptors (Lipinski definition) is 4. The number of rotatable bonds is 4. The SMILES string of the molecule is C=CCn1c(O)c(C=Nc2ccc(Br)cc2)sc1=O. The lowest BCUT2D eigenvalue weighted by molar-refractivity contribution is 0.422. The normalized spacial score (nSPS) is 11.0. The van der Waals surface area contributed by atoms with Crippen molar-refractivity contribution in [2.24, 2.45) is 4.99 Å². The Kier molecular flexibility index (Phi) is 4.34. The van der Waals surface area contributed by atoms with E-state index >= 15 is 0 Å². The van der Waals surface area contributed by atoms with Gasteiger partial charge in [0.15, 0.2) is 0 Å². The Bertz CT molecular complexity index is 671. The predicted octanol–water partition coefficient (Wildman–Crippen LogP) is 3.31. The van der Waals surface area contributed by atoms with Crippen molar-refractivity contribution in [2.75, 3.05) is 0 Å². The van der Waals surface area contributed by atoms with Gasteiger partial charge >= 0.3 is 4.87 Å². The van der Waals surface area contributed by atoms with Crippen molar-refractivity contribution in [3.8, 4) is 5.88 Å². The smallest absolute Gasteiger partial charge is 0.310 e. The average Bonchev–Trinajstić information content (AvgIpc) is 2.66. The monoisotopic (exact) mass is 338 g/mol. The molecule has 0 spiro atoms. The molecular formula is C13H11BrN2O2S. The summed E-state index contributed by atoms with van der Waals surface area (Å²) in [6, 6.07) is 7.41. The van der Waals surface area contributed by atoms with Crippen molar-refractivity contribution in [3.05, 3.63) is 55.9 Å². The second-order valence-corrected chi connectivity index (χ2v) is 5.60. The molecule has 0 bridgehead atoms. The fourth-order valence-corrected chi connectivity index (χ4v) is 2.48. The third-order valence-corrected chi connectivity index (χ3v) is 3.79. The third-order valence-electron chi connectivity index (χ3n) is 2.36. The van der Waals surface area contributed by atoms with Crippen LogP contribution < -0.4 is 4.87 Å². The van der Waals surface area contributed by atoms with E-state index in [2.05, 4.69) is 27.5 Å². The van der Waals surface area contributed by atoms with E-state index in [4.69, 9.17) is 0 Å². The Morgan fingerprint density at radius 2 is 2.11 bits per heavy atom. The van der Waals surface area contributed by atoms with Crippen molar-refractivity contribution < 1.29 is 5.11 Å². The van der Waals surface area contributed by atoms with Crippen LogP contribution in [0.2, 0.25) is 0 Å². The molecule has 2 rings (SSSR count). The van der Waals surface area contributed by atoms with Crippen molar-refractivity contribution in [3.63, 3.8) is 0 Å². The van der Waals surface area contributed by atoms with Gasteiger partial charge in [-0.25, -0.2) is 0 Å². The molecule has 0 saturated carbocycles. The molecule has 1 heterocycles. The summed E-state index contributed by atoms with van der Waals surface area (Å²) < 4.78 is 2.22. The Balaban J connectivity index is 2.28. The maximum absolute atomic E-state index is 11.6. The minimum atomic E-state index is -0.227. The highest BCUT2D eigenvalue weighted by Crippen LogP contribution is 2.20. The quantitative estimate of drug-likeness (QED) is 0.686. The zero-order chi connectivity index (χ0) is 13.8. The van der Waals surface area contributed by atoms with Crippen LogP contribution in [0.1, 0.15) is 4.88 Å². The molecule has 0 aliphatic rings. The number of halogens is 1. The molecule has 1 aromatic carbocycles. The number of benzene rings is 1. The van der Waals surface area contributed by atoms with Crippen molar-refractivity contribution in [1.29, 1.82) is 0 Å². The van der Waals surface area contributed by atoms with E-state index in [1.165, 1.54) is 10.8 Å². The van der Waals surface area contributed by atoms with Gasteiger partial charge in [0.25, 0.3) is 0 Å².